The maximum atomic E-state index is 13.0. The van der Waals surface area contributed by atoms with E-state index in [1.54, 1.807) is 0 Å². The number of amides is 3. The molecule has 32 heavy (non-hydrogen) atoms. The van der Waals surface area contributed by atoms with Crippen LogP contribution >= 0.6 is 34.7 Å². The third kappa shape index (κ3) is 4.43. The van der Waals surface area contributed by atoms with Crippen LogP contribution in [0.25, 0.3) is 0 Å². The Morgan fingerprint density at radius 3 is 2.81 bits per heavy atom. The first-order valence-electron chi connectivity index (χ1n) is 9.25. The highest BCUT2D eigenvalue weighted by Crippen LogP contribution is 2.44. The minimum Gasteiger partial charge on any atom is -0.481 e. The van der Waals surface area contributed by atoms with Gasteiger partial charge in [-0.25, -0.2) is 10.8 Å². The number of hydrogen-bond acceptors (Lipinski definition) is 10. The Morgan fingerprint density at radius 2 is 2.22 bits per heavy atom. The van der Waals surface area contributed by atoms with Crippen LogP contribution in [-0.2, 0) is 28.7 Å². The summed E-state index contributed by atoms with van der Waals surface area (Å²) in [6, 6.07) is -0.964. The molecular formula is C17H22ClN5O7S2. The summed E-state index contributed by atoms with van der Waals surface area (Å²) in [6.07, 6.45) is -1.19. The second kappa shape index (κ2) is 9.89. The summed E-state index contributed by atoms with van der Waals surface area (Å²) in [7, 11) is 2.70. The smallest absolute Gasteiger partial charge is 0.314 e. The van der Waals surface area contributed by atoms with E-state index < -0.39 is 46.6 Å². The van der Waals surface area contributed by atoms with Crippen molar-refractivity contribution in [1.29, 1.82) is 0 Å². The van der Waals surface area contributed by atoms with Gasteiger partial charge >= 0.3 is 5.97 Å². The van der Waals surface area contributed by atoms with Crippen molar-refractivity contribution >= 4 is 63.5 Å². The molecule has 0 radical (unpaired) electrons. The molecule has 0 saturated carbocycles. The molecule has 0 bridgehead atoms. The number of nitrogens with one attached hydrogen (secondary N) is 1. The Hall–Kier alpha value is -1.97. The quantitative estimate of drug-likeness (QED) is 0.133. The zero-order valence-corrected chi connectivity index (χ0v) is 19.5. The lowest BCUT2D eigenvalue weighted by Gasteiger charge is -2.55. The summed E-state index contributed by atoms with van der Waals surface area (Å²) in [6.45, 7) is -0.0748. The van der Waals surface area contributed by atoms with Gasteiger partial charge in [0.15, 0.2) is 17.3 Å². The Balaban J connectivity index is 1.70. The number of methoxy groups -OCH3 is 2. The number of fused-ring (bicyclic) bond motifs is 1. The third-order valence-corrected chi connectivity index (χ3v) is 7.76. The average molecular weight is 508 g/mol. The molecule has 2 saturated heterocycles. The Morgan fingerprint density at radius 1 is 1.50 bits per heavy atom. The van der Waals surface area contributed by atoms with E-state index in [1.807, 2.05) is 0 Å². The van der Waals surface area contributed by atoms with Gasteiger partial charge in [0.05, 0.1) is 12.3 Å². The van der Waals surface area contributed by atoms with Gasteiger partial charge in [0.1, 0.15) is 16.7 Å². The minimum atomic E-state index is -1.22. The highest BCUT2D eigenvalue weighted by Gasteiger charge is 2.59. The number of aliphatic carboxylic acids is 1. The number of β-lactam (4-membered cyclic amide) rings is 1. The number of alkyl halides is 1. The van der Waals surface area contributed by atoms with Crippen LogP contribution in [0.15, 0.2) is 5.38 Å². The number of nitrogens with zero attached hydrogens (tertiary/aromatic N) is 3. The summed E-state index contributed by atoms with van der Waals surface area (Å²) >= 11 is 7.77. The van der Waals surface area contributed by atoms with E-state index in [9.17, 15) is 24.3 Å². The second-order valence-electron chi connectivity index (χ2n) is 7.25. The number of carbonyl (C=O) groups excluding carboxylic acids is 3. The van der Waals surface area contributed by atoms with Gasteiger partial charge in [0.25, 0.3) is 11.8 Å². The predicted octanol–water partition coefficient (Wildman–Crippen LogP) is -0.289. The molecule has 1 aromatic rings. The molecule has 12 nitrogen and oxygen atoms in total. The number of carboxylic acids is 1. The number of halogens is 1. The highest BCUT2D eigenvalue weighted by atomic mass is 35.5. The zero-order valence-electron chi connectivity index (χ0n) is 17.1. The number of aromatic nitrogens is 1. The van der Waals surface area contributed by atoms with Crippen LogP contribution in [0.5, 0.6) is 0 Å². The van der Waals surface area contributed by atoms with E-state index in [0.717, 1.165) is 16.3 Å². The number of anilines is 1. The molecule has 3 heterocycles. The largest absolute Gasteiger partial charge is 0.481 e. The predicted molar refractivity (Wildman–Crippen MR) is 116 cm³/mol. The van der Waals surface area contributed by atoms with Gasteiger partial charge in [-0.2, -0.15) is 0 Å². The molecule has 0 aromatic carbocycles. The molecule has 176 valence electrons. The summed E-state index contributed by atoms with van der Waals surface area (Å²) in [5, 5.41) is 14.2. The molecule has 3 unspecified atom stereocenters. The molecule has 4 N–H and O–H groups in total. The standard InChI is InChI=1S/C17H22ClN5O7S2/c1-29-6-17(15(27)28)5-22-12(25)10(14(22)32-7-17)23(19)13(26)11(30-2)8-4-31-16(20-8)21-9(24)3-18/h4,10-11,14H,3,5-7,19H2,1-2H3,(H,27,28)(H,20,21,24)/t10?,11?,14-,17?/m1/s1. The van der Waals surface area contributed by atoms with Gasteiger partial charge < -0.3 is 24.8 Å². The molecule has 2 aliphatic heterocycles. The number of carbonyl (C=O) groups is 4. The Bertz CT molecular complexity index is 918. The molecule has 2 aliphatic rings. The lowest BCUT2D eigenvalue weighted by molar-refractivity contribution is -0.171. The maximum Gasteiger partial charge on any atom is 0.314 e. The average Bonchev–Trinajstić information content (AvgIpc) is 3.22. The monoisotopic (exact) mass is 507 g/mol. The molecule has 0 aliphatic carbocycles. The molecular weight excluding hydrogens is 486 g/mol. The van der Waals surface area contributed by atoms with Crippen LogP contribution in [-0.4, -0.2) is 94.1 Å². The second-order valence-corrected chi connectivity index (χ2v) is 9.48. The SMILES string of the molecule is COCC1(C(=O)O)CS[C@@H]2C(N(N)C(=O)C(OC)c3csc(NC(=O)CCl)n3)C(=O)N2C1. The first kappa shape index (κ1) is 24.7. The molecule has 3 amide bonds. The van der Waals surface area contributed by atoms with E-state index >= 15 is 0 Å². The highest BCUT2D eigenvalue weighted by molar-refractivity contribution is 8.00. The normalized spacial score (nSPS) is 25.5. The van der Waals surface area contributed by atoms with Crippen LogP contribution < -0.4 is 11.2 Å². The lowest BCUT2D eigenvalue weighted by Crippen LogP contribution is -2.76. The van der Waals surface area contributed by atoms with E-state index in [4.69, 9.17) is 26.9 Å². The molecule has 0 spiro atoms. The fraction of sp³-hybridized carbons (Fsp3) is 0.588. The van der Waals surface area contributed by atoms with Crippen molar-refractivity contribution in [1.82, 2.24) is 14.9 Å². The fourth-order valence-electron chi connectivity index (χ4n) is 3.52. The van der Waals surface area contributed by atoms with Gasteiger partial charge in [-0.05, 0) is 0 Å². The molecule has 4 atom stereocenters. The topological polar surface area (TPSA) is 164 Å². The maximum absolute atomic E-state index is 13.0. The van der Waals surface area contributed by atoms with E-state index in [0.29, 0.717) is 0 Å². The van der Waals surface area contributed by atoms with Gasteiger partial charge in [0, 0.05) is 31.9 Å². The van der Waals surface area contributed by atoms with Gasteiger partial charge in [-0.3, -0.25) is 24.2 Å². The first-order valence-corrected chi connectivity index (χ1v) is 11.7. The Labute approximate surface area is 196 Å². The van der Waals surface area contributed by atoms with Crippen molar-refractivity contribution in [3.63, 3.8) is 0 Å². The van der Waals surface area contributed by atoms with Crippen molar-refractivity contribution in [2.75, 3.05) is 44.3 Å². The van der Waals surface area contributed by atoms with Gasteiger partial charge in [-0.1, -0.05) is 0 Å². The number of hydrogen-bond donors (Lipinski definition) is 3. The van der Waals surface area contributed by atoms with Crippen LogP contribution in [0.4, 0.5) is 5.13 Å². The number of ether oxygens (including phenoxy) is 2. The number of thiazole rings is 1. The number of hydrazine groups is 1. The summed E-state index contributed by atoms with van der Waals surface area (Å²) in [4.78, 5) is 54.5. The molecule has 1 aromatic heterocycles. The Kier molecular flexibility index (Phi) is 7.62. The van der Waals surface area contributed by atoms with Crippen molar-refractivity contribution in [2.45, 2.75) is 17.5 Å². The van der Waals surface area contributed by atoms with E-state index in [1.165, 1.54) is 36.3 Å². The van der Waals surface area contributed by atoms with Crippen molar-refractivity contribution in [3.05, 3.63) is 11.1 Å². The van der Waals surface area contributed by atoms with Crippen LogP contribution in [0, 0.1) is 5.41 Å². The summed E-state index contributed by atoms with van der Waals surface area (Å²) in [5.41, 5.74) is -1.01. The minimum absolute atomic E-state index is 0.0331. The summed E-state index contributed by atoms with van der Waals surface area (Å²) in [5.74, 6) is 3.32. The first-order chi connectivity index (χ1) is 15.2. The van der Waals surface area contributed by atoms with Crippen LogP contribution in [0.3, 0.4) is 0 Å². The van der Waals surface area contributed by atoms with Gasteiger partial charge in [-0.15, -0.1) is 34.7 Å². The van der Waals surface area contributed by atoms with Crippen LogP contribution in [0.1, 0.15) is 11.8 Å². The van der Waals surface area contributed by atoms with E-state index in [2.05, 4.69) is 10.3 Å². The molecule has 2 fully saturated rings. The van der Waals surface area contributed by atoms with Crippen molar-refractivity contribution in [2.24, 2.45) is 11.3 Å². The van der Waals surface area contributed by atoms with Crippen molar-refractivity contribution in [3.8, 4) is 0 Å². The molecule has 3 rings (SSSR count). The number of nitrogens with two attached hydrogens (primary N) is 1. The van der Waals surface area contributed by atoms with Crippen molar-refractivity contribution < 1.29 is 33.8 Å². The summed E-state index contributed by atoms with van der Waals surface area (Å²) < 4.78 is 10.3. The number of rotatable bonds is 9. The third-order valence-electron chi connectivity index (χ3n) is 5.16. The molecule has 15 heteroatoms. The van der Waals surface area contributed by atoms with Crippen LogP contribution in [0.2, 0.25) is 0 Å². The zero-order chi connectivity index (χ0) is 23.6. The fourth-order valence-corrected chi connectivity index (χ4v) is 5.90. The number of thioether (sulfide) groups is 1. The van der Waals surface area contributed by atoms with E-state index in [-0.39, 0.29) is 35.6 Å². The number of carboxylic acid groups (broad SMARTS) is 1. The lowest BCUT2D eigenvalue weighted by atomic mass is 9.88. The van der Waals surface area contributed by atoms with Gasteiger partial charge in [0.2, 0.25) is 5.91 Å².